The number of halogens is 2. The van der Waals surface area contributed by atoms with Crippen LogP contribution in [-0.4, -0.2) is 27.8 Å². The van der Waals surface area contributed by atoms with Crippen molar-refractivity contribution in [3.63, 3.8) is 0 Å². The standard InChI is InChI=1S/C19H15Cl2N3O4/c1-11-3-2-4-16-23-13(8-17(25)24(11)16)10-28-18(26)9-22-19(27)14-6-5-12(20)7-15(14)21/h2-8H,9-10H2,1H3,(H,22,27). The second-order valence-corrected chi connectivity index (χ2v) is 6.76. The maximum absolute atomic E-state index is 12.2. The summed E-state index contributed by atoms with van der Waals surface area (Å²) in [5.74, 6) is -1.21. The first-order chi connectivity index (χ1) is 13.3. The lowest BCUT2D eigenvalue weighted by Gasteiger charge is -2.09. The van der Waals surface area contributed by atoms with Gasteiger partial charge in [-0.1, -0.05) is 29.3 Å². The number of nitrogens with one attached hydrogen (secondary N) is 1. The molecule has 28 heavy (non-hydrogen) atoms. The minimum Gasteiger partial charge on any atom is -0.458 e. The molecule has 0 aliphatic heterocycles. The first-order valence-corrected chi connectivity index (χ1v) is 8.98. The van der Waals surface area contributed by atoms with Crippen molar-refractivity contribution in [3.05, 3.63) is 79.8 Å². The number of ether oxygens (including phenoxy) is 1. The highest BCUT2D eigenvalue weighted by molar-refractivity contribution is 6.36. The Morgan fingerprint density at radius 2 is 1.96 bits per heavy atom. The van der Waals surface area contributed by atoms with Gasteiger partial charge in [0.25, 0.3) is 11.5 Å². The molecule has 0 bridgehead atoms. The van der Waals surface area contributed by atoms with Crippen LogP contribution in [0.2, 0.25) is 10.0 Å². The number of pyridine rings is 1. The molecule has 0 saturated carbocycles. The van der Waals surface area contributed by atoms with Crippen LogP contribution in [0.25, 0.3) is 5.65 Å². The van der Waals surface area contributed by atoms with Gasteiger partial charge in [0.1, 0.15) is 18.8 Å². The van der Waals surface area contributed by atoms with E-state index in [0.29, 0.717) is 16.4 Å². The Bertz CT molecular complexity index is 1130. The third-order valence-electron chi connectivity index (χ3n) is 3.88. The summed E-state index contributed by atoms with van der Waals surface area (Å²) in [6.45, 7) is 1.25. The molecule has 1 N–H and O–H groups in total. The van der Waals surface area contributed by atoms with E-state index in [1.54, 1.807) is 25.1 Å². The average molecular weight is 420 g/mol. The molecule has 3 rings (SSSR count). The quantitative estimate of drug-likeness (QED) is 0.642. The molecule has 7 nitrogen and oxygen atoms in total. The van der Waals surface area contributed by atoms with Crippen LogP contribution in [0.5, 0.6) is 0 Å². The van der Waals surface area contributed by atoms with Gasteiger partial charge in [0.15, 0.2) is 0 Å². The normalized spacial score (nSPS) is 10.7. The third-order valence-corrected chi connectivity index (χ3v) is 4.43. The molecule has 0 atom stereocenters. The number of carbonyl (C=O) groups is 2. The lowest BCUT2D eigenvalue weighted by Crippen LogP contribution is -2.31. The highest BCUT2D eigenvalue weighted by Crippen LogP contribution is 2.20. The zero-order valence-electron chi connectivity index (χ0n) is 14.7. The number of carbonyl (C=O) groups excluding carboxylic acids is 2. The molecule has 0 aliphatic rings. The minimum atomic E-state index is -0.676. The van der Waals surface area contributed by atoms with E-state index in [2.05, 4.69) is 10.3 Å². The summed E-state index contributed by atoms with van der Waals surface area (Å²) < 4.78 is 6.54. The van der Waals surface area contributed by atoms with Crippen LogP contribution < -0.4 is 10.9 Å². The minimum absolute atomic E-state index is 0.175. The fourth-order valence-corrected chi connectivity index (χ4v) is 3.06. The van der Waals surface area contributed by atoms with E-state index in [1.807, 2.05) is 0 Å². The Morgan fingerprint density at radius 1 is 1.18 bits per heavy atom. The summed E-state index contributed by atoms with van der Waals surface area (Å²) in [7, 11) is 0. The number of aryl methyl sites for hydroxylation is 1. The molecular weight excluding hydrogens is 405 g/mol. The van der Waals surface area contributed by atoms with Gasteiger partial charge >= 0.3 is 5.97 Å². The van der Waals surface area contributed by atoms with Gasteiger partial charge in [0, 0.05) is 16.8 Å². The number of esters is 1. The van der Waals surface area contributed by atoms with Crippen LogP contribution >= 0.6 is 23.2 Å². The molecule has 0 radical (unpaired) electrons. The van der Waals surface area contributed by atoms with Gasteiger partial charge in [-0.2, -0.15) is 0 Å². The molecule has 2 heterocycles. The van der Waals surface area contributed by atoms with Crippen molar-refractivity contribution in [2.24, 2.45) is 0 Å². The van der Waals surface area contributed by atoms with Crippen molar-refractivity contribution in [2.75, 3.05) is 6.54 Å². The monoisotopic (exact) mass is 419 g/mol. The van der Waals surface area contributed by atoms with Crippen LogP contribution in [0.15, 0.2) is 47.3 Å². The fraction of sp³-hybridized carbons (Fsp3) is 0.158. The summed E-state index contributed by atoms with van der Waals surface area (Å²) in [4.78, 5) is 40.5. The Morgan fingerprint density at radius 3 is 2.71 bits per heavy atom. The lowest BCUT2D eigenvalue weighted by molar-refractivity contribution is -0.143. The van der Waals surface area contributed by atoms with Crippen LogP contribution in [0.1, 0.15) is 21.7 Å². The lowest BCUT2D eigenvalue weighted by atomic mass is 10.2. The Hall–Kier alpha value is -2.90. The van der Waals surface area contributed by atoms with E-state index < -0.39 is 11.9 Å². The highest BCUT2D eigenvalue weighted by atomic mass is 35.5. The number of rotatable bonds is 5. The molecule has 0 aliphatic carbocycles. The first kappa shape index (κ1) is 19.9. The predicted molar refractivity (Wildman–Crippen MR) is 105 cm³/mol. The second-order valence-electron chi connectivity index (χ2n) is 5.91. The van der Waals surface area contributed by atoms with E-state index in [-0.39, 0.29) is 29.3 Å². The summed E-state index contributed by atoms with van der Waals surface area (Å²) in [6.07, 6.45) is 0. The van der Waals surface area contributed by atoms with E-state index >= 15 is 0 Å². The number of aromatic nitrogens is 2. The van der Waals surface area contributed by atoms with Crippen molar-refractivity contribution in [1.29, 1.82) is 0 Å². The van der Waals surface area contributed by atoms with Crippen molar-refractivity contribution in [3.8, 4) is 0 Å². The van der Waals surface area contributed by atoms with Gasteiger partial charge in [-0.3, -0.25) is 18.8 Å². The molecule has 144 valence electrons. The largest absolute Gasteiger partial charge is 0.458 e. The Labute approximate surface area is 169 Å². The van der Waals surface area contributed by atoms with Crippen LogP contribution in [0.4, 0.5) is 0 Å². The van der Waals surface area contributed by atoms with Gasteiger partial charge in [-0.05, 0) is 37.3 Å². The van der Waals surface area contributed by atoms with Crippen molar-refractivity contribution in [1.82, 2.24) is 14.7 Å². The smallest absolute Gasteiger partial charge is 0.325 e. The average Bonchev–Trinajstić information content (AvgIpc) is 2.64. The van der Waals surface area contributed by atoms with Gasteiger partial charge in [0.05, 0.1) is 16.3 Å². The van der Waals surface area contributed by atoms with Gasteiger partial charge in [-0.25, -0.2) is 4.98 Å². The summed E-state index contributed by atoms with van der Waals surface area (Å²) >= 11 is 11.7. The van der Waals surface area contributed by atoms with Gasteiger partial charge in [-0.15, -0.1) is 0 Å². The van der Waals surface area contributed by atoms with E-state index in [4.69, 9.17) is 27.9 Å². The molecule has 0 spiro atoms. The summed E-state index contributed by atoms with van der Waals surface area (Å²) in [5.41, 5.74) is 1.46. The maximum Gasteiger partial charge on any atom is 0.325 e. The molecule has 2 aromatic heterocycles. The topological polar surface area (TPSA) is 89.8 Å². The zero-order valence-corrected chi connectivity index (χ0v) is 16.3. The molecule has 1 amide bonds. The van der Waals surface area contributed by atoms with Crippen LogP contribution in [0, 0.1) is 6.92 Å². The van der Waals surface area contributed by atoms with E-state index in [1.165, 1.54) is 28.7 Å². The number of hydrogen-bond donors (Lipinski definition) is 1. The molecule has 0 fully saturated rings. The molecule has 3 aromatic rings. The maximum atomic E-state index is 12.2. The highest BCUT2D eigenvalue weighted by Gasteiger charge is 2.13. The Balaban J connectivity index is 1.59. The second kappa shape index (κ2) is 8.41. The SMILES string of the molecule is Cc1cccc2nc(COC(=O)CNC(=O)c3ccc(Cl)cc3Cl)cc(=O)n12. The number of amides is 1. The van der Waals surface area contributed by atoms with Crippen LogP contribution in [-0.2, 0) is 16.1 Å². The predicted octanol–water partition coefficient (Wildman–Crippen LogP) is 2.78. The fourth-order valence-electron chi connectivity index (χ4n) is 2.56. The van der Waals surface area contributed by atoms with Crippen molar-refractivity contribution >= 4 is 40.7 Å². The number of hydrogen-bond acceptors (Lipinski definition) is 5. The third kappa shape index (κ3) is 4.49. The first-order valence-electron chi connectivity index (χ1n) is 8.22. The molecular formula is C19H15Cl2N3O4. The number of fused-ring (bicyclic) bond motifs is 1. The molecule has 0 unspecified atom stereocenters. The molecule has 1 aromatic carbocycles. The molecule has 0 saturated heterocycles. The summed E-state index contributed by atoms with van der Waals surface area (Å²) in [5, 5.41) is 2.99. The van der Waals surface area contributed by atoms with Crippen molar-refractivity contribution in [2.45, 2.75) is 13.5 Å². The number of nitrogens with zero attached hydrogens (tertiary/aromatic N) is 2. The van der Waals surface area contributed by atoms with E-state index in [0.717, 1.165) is 5.69 Å². The van der Waals surface area contributed by atoms with Gasteiger partial charge in [0.2, 0.25) is 0 Å². The Kier molecular flexibility index (Phi) is 5.96. The molecule has 9 heteroatoms. The van der Waals surface area contributed by atoms with Crippen molar-refractivity contribution < 1.29 is 14.3 Å². The van der Waals surface area contributed by atoms with Crippen LogP contribution in [0.3, 0.4) is 0 Å². The van der Waals surface area contributed by atoms with E-state index in [9.17, 15) is 14.4 Å². The zero-order chi connectivity index (χ0) is 20.3. The number of benzene rings is 1. The summed E-state index contributed by atoms with van der Waals surface area (Å²) in [6, 6.07) is 11.0. The van der Waals surface area contributed by atoms with Gasteiger partial charge < -0.3 is 10.1 Å².